The molecule has 0 radical (unpaired) electrons. The first-order valence-electron chi connectivity index (χ1n) is 12.4. The highest BCUT2D eigenvalue weighted by Gasteiger charge is 2.25. The highest BCUT2D eigenvalue weighted by atomic mass is 35.5. The zero-order chi connectivity index (χ0) is 26.9. The van der Waals surface area contributed by atoms with Crippen LogP contribution in [-0.2, 0) is 0 Å². The molecule has 2 N–H and O–H groups in total. The van der Waals surface area contributed by atoms with Gasteiger partial charge >= 0.3 is 0 Å². The second kappa shape index (κ2) is 10.5. The van der Waals surface area contributed by atoms with Crippen LogP contribution in [0.1, 0.15) is 29.2 Å². The van der Waals surface area contributed by atoms with Crippen molar-refractivity contribution >= 4 is 34.9 Å². The van der Waals surface area contributed by atoms with Gasteiger partial charge in [0.2, 0.25) is 0 Å². The van der Waals surface area contributed by atoms with Gasteiger partial charge < -0.3 is 15.1 Å². The van der Waals surface area contributed by atoms with Crippen molar-refractivity contribution in [2.45, 2.75) is 18.9 Å². The minimum atomic E-state index is 0.0664. The Balaban J connectivity index is 1.19. The number of anilines is 1. The Morgan fingerprint density at radius 1 is 0.923 bits per heavy atom. The fraction of sp³-hybridized carbons (Fsp3) is 0.179. The van der Waals surface area contributed by atoms with Crippen LogP contribution in [0.2, 0.25) is 10.0 Å². The number of nitrogens with two attached hydrogens (primary N) is 1. The van der Waals surface area contributed by atoms with Crippen molar-refractivity contribution in [1.29, 1.82) is 0 Å². The van der Waals surface area contributed by atoms with Gasteiger partial charge in [0, 0.05) is 42.2 Å². The van der Waals surface area contributed by atoms with Crippen LogP contribution in [0.3, 0.4) is 0 Å². The number of pyridine rings is 1. The molecular formula is C28H23Cl2N7O2. The summed E-state index contributed by atoms with van der Waals surface area (Å²) in [6, 6.07) is 16.6. The molecule has 6 rings (SSSR count). The number of hydrogen-bond acceptors (Lipinski definition) is 7. The fourth-order valence-electron chi connectivity index (χ4n) is 4.72. The molecule has 9 nitrogen and oxygen atoms in total. The summed E-state index contributed by atoms with van der Waals surface area (Å²) in [6.07, 6.45) is 7.10. The van der Waals surface area contributed by atoms with E-state index in [2.05, 4.69) is 20.3 Å². The maximum Gasteiger partial charge on any atom is 0.253 e. The summed E-state index contributed by atoms with van der Waals surface area (Å²) >= 11 is 12.6. The lowest BCUT2D eigenvalue weighted by atomic mass is 10.0. The summed E-state index contributed by atoms with van der Waals surface area (Å²) in [7, 11) is 0. The number of carbonyl (C=O) groups excluding carboxylic acids is 1. The Bertz CT molecular complexity index is 1620. The summed E-state index contributed by atoms with van der Waals surface area (Å²) in [6.45, 7) is 1.35. The highest BCUT2D eigenvalue weighted by Crippen LogP contribution is 2.36. The number of nitrogens with zero attached hydrogens (tertiary/aromatic N) is 6. The number of benzene rings is 2. The normalized spacial score (nSPS) is 14.1. The molecule has 0 spiro atoms. The number of likely N-dealkylation sites (tertiary alicyclic amines) is 1. The highest BCUT2D eigenvalue weighted by molar-refractivity contribution is 6.38. The molecule has 0 saturated carbocycles. The molecule has 5 aromatic rings. The average Bonchev–Trinajstić information content (AvgIpc) is 3.64. The van der Waals surface area contributed by atoms with Crippen LogP contribution in [0.4, 0.5) is 5.82 Å². The maximum absolute atomic E-state index is 12.8. The third-order valence-corrected chi connectivity index (χ3v) is 7.46. The summed E-state index contributed by atoms with van der Waals surface area (Å²) in [5, 5.41) is 13.7. The van der Waals surface area contributed by atoms with Gasteiger partial charge in [-0.3, -0.25) is 9.48 Å². The van der Waals surface area contributed by atoms with Gasteiger partial charge in [0.15, 0.2) is 0 Å². The Morgan fingerprint density at radius 2 is 1.64 bits per heavy atom. The smallest absolute Gasteiger partial charge is 0.253 e. The maximum atomic E-state index is 12.8. The Kier molecular flexibility index (Phi) is 6.76. The van der Waals surface area contributed by atoms with E-state index in [4.69, 9.17) is 33.4 Å². The topological polar surface area (TPSA) is 116 Å². The van der Waals surface area contributed by atoms with E-state index in [1.54, 1.807) is 30.6 Å². The van der Waals surface area contributed by atoms with E-state index in [1.807, 2.05) is 52.2 Å². The molecular weight excluding hydrogens is 537 g/mol. The van der Waals surface area contributed by atoms with E-state index in [-0.39, 0.29) is 29.5 Å². The Labute approximate surface area is 234 Å². The van der Waals surface area contributed by atoms with Crippen LogP contribution in [0, 0.1) is 0 Å². The van der Waals surface area contributed by atoms with E-state index in [9.17, 15) is 4.79 Å². The first-order chi connectivity index (χ1) is 19.0. The molecule has 0 atom stereocenters. The van der Waals surface area contributed by atoms with Crippen LogP contribution in [0.5, 0.6) is 0 Å². The molecule has 0 aliphatic carbocycles. The van der Waals surface area contributed by atoms with Crippen molar-refractivity contribution in [2.75, 3.05) is 18.8 Å². The van der Waals surface area contributed by atoms with Gasteiger partial charge in [-0.1, -0.05) is 47.5 Å². The molecule has 3 aromatic heterocycles. The molecule has 39 heavy (non-hydrogen) atoms. The Morgan fingerprint density at radius 3 is 2.38 bits per heavy atom. The summed E-state index contributed by atoms with van der Waals surface area (Å²) in [5.41, 5.74) is 9.51. The Hall–Kier alpha value is -4.21. The number of nitrogen functional groups attached to an aromatic ring is 1. The standard InChI is InChI=1S/C28H23Cl2N7O2/c29-22-7-4-8-23(30)24(22)27-35-34-26(39-27)21-13-18(14-32-25(21)31)19-15-33-37(16-19)20-9-11-36(12-10-20)28(38)17-5-2-1-3-6-17/h1-8,13-16,20H,9-12H2,(H2,31,32). The number of aromatic nitrogens is 5. The first kappa shape index (κ1) is 25.1. The van der Waals surface area contributed by atoms with Crippen LogP contribution >= 0.6 is 23.2 Å². The number of piperidine rings is 1. The molecule has 2 aromatic carbocycles. The van der Waals surface area contributed by atoms with Crippen molar-refractivity contribution in [3.8, 4) is 34.0 Å². The minimum absolute atomic E-state index is 0.0664. The van der Waals surface area contributed by atoms with Crippen molar-refractivity contribution < 1.29 is 9.21 Å². The SMILES string of the molecule is Nc1ncc(-c2cnn(C3CCN(C(=O)c4ccccc4)CC3)c2)cc1-c1nnc(-c2c(Cl)cccc2Cl)o1. The molecule has 1 saturated heterocycles. The lowest BCUT2D eigenvalue weighted by molar-refractivity contribution is 0.0690. The second-order valence-electron chi connectivity index (χ2n) is 9.26. The van der Waals surface area contributed by atoms with Gasteiger partial charge in [0.05, 0.1) is 33.4 Å². The van der Waals surface area contributed by atoms with Crippen LogP contribution in [-0.4, -0.2) is 48.9 Å². The van der Waals surface area contributed by atoms with Gasteiger partial charge in [-0.15, -0.1) is 10.2 Å². The van der Waals surface area contributed by atoms with Gasteiger partial charge in [-0.2, -0.15) is 5.10 Å². The number of amides is 1. The van der Waals surface area contributed by atoms with Gasteiger partial charge in [0.25, 0.3) is 17.7 Å². The van der Waals surface area contributed by atoms with E-state index in [1.165, 1.54) is 0 Å². The molecule has 4 heterocycles. The summed E-state index contributed by atoms with van der Waals surface area (Å²) in [5.74, 6) is 0.713. The largest absolute Gasteiger partial charge is 0.416 e. The zero-order valence-corrected chi connectivity index (χ0v) is 22.2. The quantitative estimate of drug-likeness (QED) is 0.279. The number of rotatable bonds is 5. The molecule has 1 aliphatic heterocycles. The number of carbonyl (C=O) groups is 1. The van der Waals surface area contributed by atoms with Crippen molar-refractivity contribution in [3.63, 3.8) is 0 Å². The summed E-state index contributed by atoms with van der Waals surface area (Å²) in [4.78, 5) is 19.0. The fourth-order valence-corrected chi connectivity index (χ4v) is 5.28. The minimum Gasteiger partial charge on any atom is -0.416 e. The van der Waals surface area contributed by atoms with E-state index < -0.39 is 0 Å². The molecule has 196 valence electrons. The average molecular weight is 560 g/mol. The molecule has 1 fully saturated rings. The summed E-state index contributed by atoms with van der Waals surface area (Å²) < 4.78 is 7.84. The van der Waals surface area contributed by atoms with Gasteiger partial charge in [-0.25, -0.2) is 4.98 Å². The lowest BCUT2D eigenvalue weighted by Gasteiger charge is -2.32. The number of hydrogen-bond donors (Lipinski definition) is 1. The third kappa shape index (κ3) is 4.98. The monoisotopic (exact) mass is 559 g/mol. The molecule has 0 unspecified atom stereocenters. The van der Waals surface area contributed by atoms with E-state index in [0.717, 1.165) is 24.0 Å². The van der Waals surface area contributed by atoms with Crippen molar-refractivity contribution in [2.24, 2.45) is 0 Å². The predicted octanol–water partition coefficient (Wildman–Crippen LogP) is 6.03. The van der Waals surface area contributed by atoms with Crippen LogP contribution < -0.4 is 5.73 Å². The van der Waals surface area contributed by atoms with Crippen molar-refractivity contribution in [3.05, 3.63) is 88.8 Å². The molecule has 1 amide bonds. The predicted molar refractivity (Wildman–Crippen MR) is 149 cm³/mol. The van der Waals surface area contributed by atoms with E-state index in [0.29, 0.717) is 39.8 Å². The number of halogens is 2. The van der Waals surface area contributed by atoms with Gasteiger partial charge in [-0.05, 0) is 43.2 Å². The molecule has 0 bridgehead atoms. The van der Waals surface area contributed by atoms with Gasteiger partial charge in [0.1, 0.15) is 5.82 Å². The molecule has 11 heteroatoms. The van der Waals surface area contributed by atoms with Crippen LogP contribution in [0.15, 0.2) is 77.6 Å². The third-order valence-electron chi connectivity index (χ3n) is 6.83. The molecule has 1 aliphatic rings. The first-order valence-corrected chi connectivity index (χ1v) is 13.2. The van der Waals surface area contributed by atoms with Crippen molar-refractivity contribution in [1.82, 2.24) is 29.9 Å². The van der Waals surface area contributed by atoms with Crippen LogP contribution in [0.25, 0.3) is 34.0 Å². The second-order valence-corrected chi connectivity index (χ2v) is 10.1. The zero-order valence-electron chi connectivity index (χ0n) is 20.7. The van der Waals surface area contributed by atoms with E-state index >= 15 is 0 Å². The lowest BCUT2D eigenvalue weighted by Crippen LogP contribution is -2.39.